The number of rotatable bonds is 5. The van der Waals surface area contributed by atoms with Crippen LogP contribution in [0.5, 0.6) is 11.5 Å². The molecule has 2 aromatic rings. The maximum absolute atomic E-state index is 11.4. The van der Waals surface area contributed by atoms with Gasteiger partial charge in [0.25, 0.3) is 0 Å². The Hall–Kier alpha value is -2.53. The highest BCUT2D eigenvalue weighted by molar-refractivity contribution is 5.89. The number of benzene rings is 2. The van der Waals surface area contributed by atoms with Crippen molar-refractivity contribution in [1.82, 2.24) is 5.32 Å². The van der Waals surface area contributed by atoms with Gasteiger partial charge in [-0.3, -0.25) is 0 Å². The van der Waals surface area contributed by atoms with E-state index in [1.165, 1.54) is 7.11 Å². The lowest BCUT2D eigenvalue weighted by Crippen LogP contribution is -2.38. The van der Waals surface area contributed by atoms with Crippen molar-refractivity contribution < 1.29 is 19.0 Å². The lowest BCUT2D eigenvalue weighted by atomic mass is 10.0. The van der Waals surface area contributed by atoms with Gasteiger partial charge in [-0.25, -0.2) is 4.79 Å². The van der Waals surface area contributed by atoms with Crippen LogP contribution in [0.1, 0.15) is 21.5 Å². The van der Waals surface area contributed by atoms with Gasteiger partial charge in [-0.15, -0.1) is 0 Å². The molecule has 0 aliphatic carbocycles. The van der Waals surface area contributed by atoms with E-state index in [1.54, 1.807) is 19.2 Å². The Morgan fingerprint density at radius 1 is 1.21 bits per heavy atom. The SMILES string of the molecule is COC(=O)c1ccc(CNC2COc3c(cccc3OC)C2)cc1. The monoisotopic (exact) mass is 327 g/mol. The largest absolute Gasteiger partial charge is 0.493 e. The molecule has 0 amide bonds. The molecule has 3 rings (SSSR count). The fraction of sp³-hybridized carbons (Fsp3) is 0.316. The molecule has 1 unspecified atom stereocenters. The van der Waals surface area contributed by atoms with Crippen LogP contribution in [0.25, 0.3) is 0 Å². The van der Waals surface area contributed by atoms with Gasteiger partial charge >= 0.3 is 5.97 Å². The molecule has 1 aliphatic heterocycles. The Kier molecular flexibility index (Phi) is 5.01. The number of carbonyl (C=O) groups excluding carboxylic acids is 1. The fourth-order valence-electron chi connectivity index (χ4n) is 2.82. The van der Waals surface area contributed by atoms with Crippen LogP contribution in [-0.4, -0.2) is 32.8 Å². The summed E-state index contributed by atoms with van der Waals surface area (Å²) < 4.78 is 15.9. The van der Waals surface area contributed by atoms with E-state index in [9.17, 15) is 4.79 Å². The van der Waals surface area contributed by atoms with E-state index in [0.717, 1.165) is 35.6 Å². The molecule has 0 aromatic heterocycles. The van der Waals surface area contributed by atoms with Gasteiger partial charge in [0, 0.05) is 12.6 Å². The Bertz CT molecular complexity index is 712. The van der Waals surface area contributed by atoms with E-state index in [0.29, 0.717) is 12.2 Å². The number of fused-ring (bicyclic) bond motifs is 1. The van der Waals surface area contributed by atoms with Crippen molar-refractivity contribution in [3.8, 4) is 11.5 Å². The Morgan fingerprint density at radius 2 is 2.00 bits per heavy atom. The van der Waals surface area contributed by atoms with Gasteiger partial charge in [0.15, 0.2) is 11.5 Å². The summed E-state index contributed by atoms with van der Waals surface area (Å²) in [6.07, 6.45) is 0.896. The molecule has 0 saturated heterocycles. The van der Waals surface area contributed by atoms with Crippen molar-refractivity contribution in [2.24, 2.45) is 0 Å². The smallest absolute Gasteiger partial charge is 0.337 e. The highest BCUT2D eigenvalue weighted by Crippen LogP contribution is 2.34. The summed E-state index contributed by atoms with van der Waals surface area (Å²) in [6, 6.07) is 13.6. The van der Waals surface area contributed by atoms with Gasteiger partial charge < -0.3 is 19.5 Å². The maximum atomic E-state index is 11.4. The number of hydrogen-bond acceptors (Lipinski definition) is 5. The molecule has 24 heavy (non-hydrogen) atoms. The van der Waals surface area contributed by atoms with Crippen molar-refractivity contribution >= 4 is 5.97 Å². The minimum absolute atomic E-state index is 0.241. The lowest BCUT2D eigenvalue weighted by Gasteiger charge is -2.27. The van der Waals surface area contributed by atoms with Crippen LogP contribution in [0.3, 0.4) is 0 Å². The molecule has 0 spiro atoms. The summed E-state index contributed by atoms with van der Waals surface area (Å²) in [5.41, 5.74) is 2.82. The van der Waals surface area contributed by atoms with Gasteiger partial charge in [-0.1, -0.05) is 24.3 Å². The Labute approximate surface area is 141 Å². The first-order chi connectivity index (χ1) is 11.7. The molecule has 2 aromatic carbocycles. The van der Waals surface area contributed by atoms with Crippen LogP contribution in [0.2, 0.25) is 0 Å². The third-order valence-corrected chi connectivity index (χ3v) is 4.15. The lowest BCUT2D eigenvalue weighted by molar-refractivity contribution is 0.0600. The highest BCUT2D eigenvalue weighted by atomic mass is 16.5. The first-order valence-corrected chi connectivity index (χ1v) is 7.90. The van der Waals surface area contributed by atoms with Gasteiger partial charge in [0.2, 0.25) is 0 Å². The third kappa shape index (κ3) is 3.51. The van der Waals surface area contributed by atoms with E-state index >= 15 is 0 Å². The van der Waals surface area contributed by atoms with E-state index in [4.69, 9.17) is 14.2 Å². The number of para-hydroxylation sites is 1. The van der Waals surface area contributed by atoms with Gasteiger partial charge in [0.05, 0.1) is 19.8 Å². The first-order valence-electron chi connectivity index (χ1n) is 7.90. The van der Waals surface area contributed by atoms with Crippen LogP contribution in [0.4, 0.5) is 0 Å². The zero-order valence-electron chi connectivity index (χ0n) is 13.9. The third-order valence-electron chi connectivity index (χ3n) is 4.15. The highest BCUT2D eigenvalue weighted by Gasteiger charge is 2.22. The molecule has 5 nitrogen and oxygen atoms in total. The summed E-state index contributed by atoms with van der Waals surface area (Å²) in [5, 5.41) is 3.50. The number of hydrogen-bond donors (Lipinski definition) is 1. The summed E-state index contributed by atoms with van der Waals surface area (Å²) >= 11 is 0. The molecule has 1 N–H and O–H groups in total. The molecular formula is C19H21NO4. The molecule has 1 aliphatic rings. The summed E-state index contributed by atoms with van der Waals surface area (Å²) in [6.45, 7) is 1.32. The van der Waals surface area contributed by atoms with Crippen molar-refractivity contribution in [3.05, 3.63) is 59.2 Å². The number of esters is 1. The van der Waals surface area contributed by atoms with E-state index in [2.05, 4.69) is 11.4 Å². The molecule has 1 atom stereocenters. The number of nitrogens with one attached hydrogen (secondary N) is 1. The quantitative estimate of drug-likeness (QED) is 0.856. The molecular weight excluding hydrogens is 306 g/mol. The van der Waals surface area contributed by atoms with Gasteiger partial charge in [0.1, 0.15) is 6.61 Å². The average Bonchev–Trinajstić information content (AvgIpc) is 2.65. The maximum Gasteiger partial charge on any atom is 0.337 e. The standard InChI is InChI=1S/C19H21NO4/c1-22-17-5-3-4-15-10-16(12-24-18(15)17)20-11-13-6-8-14(9-7-13)19(21)23-2/h3-9,16,20H,10-12H2,1-2H3. The predicted octanol–water partition coefficient (Wildman–Crippen LogP) is 2.58. The predicted molar refractivity (Wildman–Crippen MR) is 90.6 cm³/mol. The topological polar surface area (TPSA) is 56.8 Å². The second kappa shape index (κ2) is 7.36. The zero-order chi connectivity index (χ0) is 16.9. The zero-order valence-corrected chi connectivity index (χ0v) is 13.9. The molecule has 0 radical (unpaired) electrons. The molecule has 0 bridgehead atoms. The molecule has 0 fully saturated rings. The van der Waals surface area contributed by atoms with E-state index < -0.39 is 0 Å². The summed E-state index contributed by atoms with van der Waals surface area (Å²) in [5.74, 6) is 1.31. The molecule has 0 saturated carbocycles. The first kappa shape index (κ1) is 16.3. The van der Waals surface area contributed by atoms with Crippen molar-refractivity contribution in [1.29, 1.82) is 0 Å². The number of carbonyl (C=O) groups is 1. The number of ether oxygens (including phenoxy) is 3. The van der Waals surface area contributed by atoms with Crippen LogP contribution >= 0.6 is 0 Å². The number of methoxy groups -OCH3 is 2. The fourth-order valence-corrected chi connectivity index (χ4v) is 2.82. The van der Waals surface area contributed by atoms with Crippen molar-refractivity contribution in [2.75, 3.05) is 20.8 Å². The minimum Gasteiger partial charge on any atom is -0.493 e. The van der Waals surface area contributed by atoms with Crippen LogP contribution in [0.15, 0.2) is 42.5 Å². The normalized spacial score (nSPS) is 16.0. The van der Waals surface area contributed by atoms with Crippen LogP contribution < -0.4 is 14.8 Å². The Morgan fingerprint density at radius 3 is 2.71 bits per heavy atom. The van der Waals surface area contributed by atoms with Crippen LogP contribution in [0, 0.1) is 0 Å². The Balaban J connectivity index is 1.59. The van der Waals surface area contributed by atoms with Crippen molar-refractivity contribution in [2.45, 2.75) is 19.0 Å². The minimum atomic E-state index is -0.319. The summed E-state index contributed by atoms with van der Waals surface area (Å²) in [4.78, 5) is 11.4. The van der Waals surface area contributed by atoms with Crippen molar-refractivity contribution in [3.63, 3.8) is 0 Å². The van der Waals surface area contributed by atoms with E-state index in [1.807, 2.05) is 24.3 Å². The molecule has 1 heterocycles. The second-order valence-electron chi connectivity index (χ2n) is 5.73. The molecule has 5 heteroatoms. The van der Waals surface area contributed by atoms with Gasteiger partial charge in [-0.2, -0.15) is 0 Å². The van der Waals surface area contributed by atoms with Crippen LogP contribution in [-0.2, 0) is 17.7 Å². The second-order valence-corrected chi connectivity index (χ2v) is 5.73. The van der Waals surface area contributed by atoms with E-state index in [-0.39, 0.29) is 12.0 Å². The summed E-state index contributed by atoms with van der Waals surface area (Å²) in [7, 11) is 3.04. The molecule has 126 valence electrons. The van der Waals surface area contributed by atoms with Gasteiger partial charge in [-0.05, 0) is 35.7 Å². The average molecular weight is 327 g/mol.